The van der Waals surface area contributed by atoms with Gasteiger partial charge >= 0.3 is 6.09 Å². The molecule has 1 N–H and O–H groups in total. The van der Waals surface area contributed by atoms with Gasteiger partial charge in [-0.2, -0.15) is 0 Å². The van der Waals surface area contributed by atoms with Crippen LogP contribution in [0.3, 0.4) is 0 Å². The van der Waals surface area contributed by atoms with Crippen LogP contribution in [0.4, 0.5) is 10.5 Å². The molecule has 0 atom stereocenters. The first kappa shape index (κ1) is 20.7. The second-order valence-corrected chi connectivity index (χ2v) is 10.4. The van der Waals surface area contributed by atoms with Crippen molar-refractivity contribution < 1.29 is 14.4 Å². The number of hydrogen-bond acceptors (Lipinski definition) is 4. The lowest BCUT2D eigenvalue weighted by molar-refractivity contribution is -0.0640. The number of hydrogen-bond donors (Lipinski definition) is 1. The van der Waals surface area contributed by atoms with Gasteiger partial charge in [-0.3, -0.25) is 5.32 Å². The third kappa shape index (κ3) is 4.86. The SMILES string of the molecule is CC(C)(C)c1ccc(NC(=O)OC2=NOC3(CCC(C(C)(C)C)CC3)C2)cc1. The first-order chi connectivity index (χ1) is 13.0. The van der Waals surface area contributed by atoms with E-state index in [4.69, 9.17) is 9.57 Å². The summed E-state index contributed by atoms with van der Waals surface area (Å²) in [5, 5.41) is 6.83. The van der Waals surface area contributed by atoms with Crippen molar-refractivity contribution in [3.05, 3.63) is 29.8 Å². The minimum Gasteiger partial charge on any atom is -0.392 e. The van der Waals surface area contributed by atoms with Gasteiger partial charge in [0.2, 0.25) is 5.90 Å². The Labute approximate surface area is 168 Å². The predicted molar refractivity (Wildman–Crippen MR) is 113 cm³/mol. The van der Waals surface area contributed by atoms with Crippen molar-refractivity contribution in [1.29, 1.82) is 0 Å². The standard InChI is InChI=1S/C23H34N2O3/c1-21(2,3)16-7-9-18(10-8-16)24-20(26)27-19-15-23(28-25-19)13-11-17(12-14-23)22(4,5)6/h7-10,17H,11-15H2,1-6H3,(H,24,26). The van der Waals surface area contributed by atoms with Gasteiger partial charge in [-0.25, -0.2) is 4.79 Å². The molecule has 0 aromatic heterocycles. The van der Waals surface area contributed by atoms with E-state index in [2.05, 4.69) is 52.0 Å². The molecule has 1 aliphatic carbocycles. The largest absolute Gasteiger partial charge is 0.418 e. The van der Waals surface area contributed by atoms with Crippen LogP contribution in [0, 0.1) is 11.3 Å². The highest BCUT2D eigenvalue weighted by Gasteiger charge is 2.45. The molecule has 2 aliphatic rings. The van der Waals surface area contributed by atoms with Crippen molar-refractivity contribution in [2.24, 2.45) is 16.5 Å². The van der Waals surface area contributed by atoms with E-state index >= 15 is 0 Å². The van der Waals surface area contributed by atoms with Crippen LogP contribution in [0.2, 0.25) is 0 Å². The average Bonchev–Trinajstić information content (AvgIpc) is 2.96. The number of ether oxygens (including phenoxy) is 1. The minimum absolute atomic E-state index is 0.0786. The lowest BCUT2D eigenvalue weighted by Gasteiger charge is -2.40. The molecular formula is C23H34N2O3. The van der Waals surface area contributed by atoms with Crippen molar-refractivity contribution in [2.75, 3.05) is 5.32 Å². The van der Waals surface area contributed by atoms with Crippen LogP contribution >= 0.6 is 0 Å². The van der Waals surface area contributed by atoms with Crippen LogP contribution in [-0.2, 0) is 15.0 Å². The normalized spacial score (nSPS) is 25.2. The quantitative estimate of drug-likeness (QED) is 0.621. The van der Waals surface area contributed by atoms with Gasteiger partial charge in [0.1, 0.15) is 5.60 Å². The Hall–Kier alpha value is -2.04. The Bertz CT molecular complexity index is 731. The van der Waals surface area contributed by atoms with E-state index in [0.29, 0.717) is 29.3 Å². The fraction of sp³-hybridized carbons (Fsp3) is 0.652. The Balaban J connectivity index is 1.50. The Morgan fingerprint density at radius 3 is 2.25 bits per heavy atom. The second-order valence-electron chi connectivity index (χ2n) is 10.4. The summed E-state index contributed by atoms with van der Waals surface area (Å²) in [7, 11) is 0. The third-order valence-corrected chi connectivity index (χ3v) is 6.14. The van der Waals surface area contributed by atoms with Crippen molar-refractivity contribution in [1.82, 2.24) is 0 Å². The lowest BCUT2D eigenvalue weighted by atomic mass is 9.68. The molecule has 0 saturated heterocycles. The molecule has 1 fully saturated rings. The van der Waals surface area contributed by atoms with E-state index in [1.165, 1.54) is 5.56 Å². The summed E-state index contributed by atoms with van der Waals surface area (Å²) >= 11 is 0. The number of carbonyl (C=O) groups is 1. The highest BCUT2D eigenvalue weighted by atomic mass is 16.7. The molecule has 1 saturated carbocycles. The summed E-state index contributed by atoms with van der Waals surface area (Å²) in [6.45, 7) is 13.4. The summed E-state index contributed by atoms with van der Waals surface area (Å²) < 4.78 is 5.41. The first-order valence-corrected chi connectivity index (χ1v) is 10.3. The topological polar surface area (TPSA) is 59.9 Å². The van der Waals surface area contributed by atoms with Gasteiger partial charge in [0, 0.05) is 5.69 Å². The van der Waals surface area contributed by atoms with Crippen LogP contribution < -0.4 is 5.32 Å². The molecule has 1 aliphatic heterocycles. The van der Waals surface area contributed by atoms with Crippen LogP contribution in [0.5, 0.6) is 0 Å². The number of oxime groups is 1. The highest BCUT2D eigenvalue weighted by Crippen LogP contribution is 2.46. The molecule has 1 aromatic rings. The van der Waals surface area contributed by atoms with Crippen molar-refractivity contribution in [2.45, 2.75) is 84.7 Å². The van der Waals surface area contributed by atoms with Crippen molar-refractivity contribution in [3.8, 4) is 0 Å². The highest BCUT2D eigenvalue weighted by molar-refractivity contribution is 5.95. The zero-order valence-corrected chi connectivity index (χ0v) is 18.1. The van der Waals surface area contributed by atoms with Gasteiger partial charge in [-0.15, -0.1) is 0 Å². The molecule has 0 radical (unpaired) electrons. The molecule has 3 rings (SSSR count). The van der Waals surface area contributed by atoms with E-state index in [9.17, 15) is 4.79 Å². The van der Waals surface area contributed by atoms with Gasteiger partial charge < -0.3 is 9.57 Å². The summed E-state index contributed by atoms with van der Waals surface area (Å²) in [4.78, 5) is 18.0. The fourth-order valence-corrected chi connectivity index (χ4v) is 4.12. The first-order valence-electron chi connectivity index (χ1n) is 10.3. The lowest BCUT2D eigenvalue weighted by Crippen LogP contribution is -2.38. The number of nitrogens with one attached hydrogen (secondary N) is 1. The third-order valence-electron chi connectivity index (χ3n) is 6.14. The summed E-state index contributed by atoms with van der Waals surface area (Å²) in [5.41, 5.74) is 2.04. The minimum atomic E-state index is -0.522. The molecule has 1 heterocycles. The maximum atomic E-state index is 12.2. The van der Waals surface area contributed by atoms with Crippen molar-refractivity contribution in [3.63, 3.8) is 0 Å². The zero-order chi connectivity index (χ0) is 20.6. The maximum Gasteiger partial charge on any atom is 0.418 e. The van der Waals surface area contributed by atoms with E-state index in [1.807, 2.05) is 24.3 Å². The van der Waals surface area contributed by atoms with E-state index in [-0.39, 0.29) is 11.0 Å². The van der Waals surface area contributed by atoms with Gasteiger partial charge in [0.25, 0.3) is 0 Å². The van der Waals surface area contributed by atoms with Crippen LogP contribution in [0.25, 0.3) is 0 Å². The Morgan fingerprint density at radius 1 is 1.11 bits per heavy atom. The van der Waals surface area contributed by atoms with Gasteiger partial charge in [0.05, 0.1) is 6.42 Å². The number of amides is 1. The molecule has 0 bridgehead atoms. The van der Waals surface area contributed by atoms with E-state index in [1.54, 1.807) is 0 Å². The summed E-state index contributed by atoms with van der Waals surface area (Å²) in [6, 6.07) is 7.83. The van der Waals surface area contributed by atoms with Gasteiger partial charge in [0.15, 0.2) is 0 Å². The molecule has 1 aromatic carbocycles. The van der Waals surface area contributed by atoms with Gasteiger partial charge in [-0.1, -0.05) is 58.8 Å². The molecule has 0 unspecified atom stereocenters. The Morgan fingerprint density at radius 2 is 1.71 bits per heavy atom. The molecule has 28 heavy (non-hydrogen) atoms. The molecule has 154 valence electrons. The second kappa shape index (κ2) is 7.41. The van der Waals surface area contributed by atoms with Crippen LogP contribution in [0.1, 0.15) is 79.2 Å². The number of nitrogens with zero attached hydrogens (tertiary/aromatic N) is 1. The monoisotopic (exact) mass is 386 g/mol. The van der Waals surface area contributed by atoms with Crippen molar-refractivity contribution >= 4 is 17.7 Å². The Kier molecular flexibility index (Phi) is 5.48. The van der Waals surface area contributed by atoms with Crippen LogP contribution in [0.15, 0.2) is 29.4 Å². The molecular weight excluding hydrogens is 352 g/mol. The smallest absolute Gasteiger partial charge is 0.392 e. The molecule has 5 nitrogen and oxygen atoms in total. The maximum absolute atomic E-state index is 12.2. The number of anilines is 1. The zero-order valence-electron chi connectivity index (χ0n) is 18.1. The predicted octanol–water partition coefficient (Wildman–Crippen LogP) is 6.24. The molecule has 1 amide bonds. The fourth-order valence-electron chi connectivity index (χ4n) is 4.12. The van der Waals surface area contributed by atoms with E-state index < -0.39 is 6.09 Å². The number of rotatable bonds is 1. The number of carbonyl (C=O) groups excluding carboxylic acids is 1. The average molecular weight is 387 g/mol. The molecule has 5 heteroatoms. The summed E-state index contributed by atoms with van der Waals surface area (Å²) in [6.07, 6.45) is 4.21. The summed E-state index contributed by atoms with van der Waals surface area (Å²) in [5.74, 6) is 1.07. The number of benzene rings is 1. The van der Waals surface area contributed by atoms with Gasteiger partial charge in [-0.05, 0) is 60.1 Å². The molecule has 1 spiro atoms. The van der Waals surface area contributed by atoms with E-state index in [0.717, 1.165) is 25.7 Å². The van der Waals surface area contributed by atoms with Crippen LogP contribution in [-0.4, -0.2) is 17.6 Å².